The number of amides is 1. The van der Waals surface area contributed by atoms with Gasteiger partial charge in [-0.05, 0) is 18.8 Å². The summed E-state index contributed by atoms with van der Waals surface area (Å²) in [5.41, 5.74) is 0. The molecule has 0 radical (unpaired) electrons. The fourth-order valence-corrected chi connectivity index (χ4v) is 3.21. The molecule has 1 aliphatic carbocycles. The highest BCUT2D eigenvalue weighted by Crippen LogP contribution is 2.23. The monoisotopic (exact) mass is 311 g/mol. The summed E-state index contributed by atoms with van der Waals surface area (Å²) in [7, 11) is 0. The number of nitrogens with zero attached hydrogens (tertiary/aromatic N) is 2. The summed E-state index contributed by atoms with van der Waals surface area (Å²) < 4.78 is 5.91. The first-order valence-corrected chi connectivity index (χ1v) is 8.92. The molecule has 1 heterocycles. The Labute approximate surface area is 135 Å². The molecule has 0 aromatic carbocycles. The van der Waals surface area contributed by atoms with Gasteiger partial charge >= 0.3 is 0 Å². The Morgan fingerprint density at radius 1 is 1.18 bits per heavy atom. The second-order valence-corrected chi connectivity index (χ2v) is 7.12. The number of piperazine rings is 1. The van der Waals surface area contributed by atoms with E-state index < -0.39 is 0 Å². The lowest BCUT2D eigenvalue weighted by Gasteiger charge is -2.37. The van der Waals surface area contributed by atoms with Crippen LogP contribution in [0.25, 0.3) is 0 Å². The molecule has 2 fully saturated rings. The van der Waals surface area contributed by atoms with Crippen LogP contribution in [0.15, 0.2) is 0 Å². The van der Waals surface area contributed by atoms with Crippen LogP contribution in [0, 0.1) is 5.92 Å². The zero-order valence-corrected chi connectivity index (χ0v) is 14.5. The van der Waals surface area contributed by atoms with Crippen molar-refractivity contribution in [2.45, 2.75) is 52.2 Å². The Morgan fingerprint density at radius 3 is 2.41 bits per heavy atom. The Balaban J connectivity index is 1.48. The summed E-state index contributed by atoms with van der Waals surface area (Å²) >= 11 is 0. The fourth-order valence-electron chi connectivity index (χ4n) is 3.21. The van der Waals surface area contributed by atoms with E-state index in [0.29, 0.717) is 18.6 Å². The van der Waals surface area contributed by atoms with Gasteiger partial charge in [0.2, 0.25) is 5.91 Å². The molecule has 22 heavy (non-hydrogen) atoms. The molecule has 2 aliphatic rings. The maximum absolute atomic E-state index is 11.3. The van der Waals surface area contributed by atoms with Crippen LogP contribution in [0.5, 0.6) is 0 Å². The van der Waals surface area contributed by atoms with Gasteiger partial charge in [-0.1, -0.05) is 20.8 Å². The molecule has 128 valence electrons. The molecule has 2 rings (SSSR count). The summed E-state index contributed by atoms with van der Waals surface area (Å²) in [6, 6.07) is 0.344. The molecule has 0 unspecified atom stereocenters. The van der Waals surface area contributed by atoms with E-state index in [9.17, 15) is 4.79 Å². The lowest BCUT2D eigenvalue weighted by atomic mass is 9.89. The van der Waals surface area contributed by atoms with Gasteiger partial charge in [-0.15, -0.1) is 0 Å². The molecule has 5 heteroatoms. The van der Waals surface area contributed by atoms with Gasteiger partial charge in [0.25, 0.3) is 0 Å². The standard InChI is InChI=1S/C17H33N3O2/c1-4-17(21)18-15-11-16(12-15)22-10-9-19-5-7-20(8-6-19)13-14(2)3/h14-16H,4-13H2,1-3H3,(H,18,21). The number of ether oxygens (including phenoxy) is 1. The van der Waals surface area contributed by atoms with Crippen LogP contribution in [0.4, 0.5) is 0 Å². The molecule has 5 nitrogen and oxygen atoms in total. The van der Waals surface area contributed by atoms with E-state index in [1.807, 2.05) is 6.92 Å². The van der Waals surface area contributed by atoms with Crippen LogP contribution in [-0.4, -0.2) is 73.7 Å². The maximum atomic E-state index is 11.3. The average molecular weight is 311 g/mol. The zero-order chi connectivity index (χ0) is 15.9. The van der Waals surface area contributed by atoms with Gasteiger partial charge < -0.3 is 15.0 Å². The van der Waals surface area contributed by atoms with Crippen molar-refractivity contribution in [3.8, 4) is 0 Å². The number of nitrogens with one attached hydrogen (secondary N) is 1. The van der Waals surface area contributed by atoms with Crippen molar-refractivity contribution in [3.05, 3.63) is 0 Å². The van der Waals surface area contributed by atoms with Crippen LogP contribution in [-0.2, 0) is 9.53 Å². The van der Waals surface area contributed by atoms with Gasteiger partial charge in [0.1, 0.15) is 0 Å². The Morgan fingerprint density at radius 2 is 1.82 bits per heavy atom. The topological polar surface area (TPSA) is 44.8 Å². The van der Waals surface area contributed by atoms with Crippen molar-refractivity contribution in [3.63, 3.8) is 0 Å². The highest BCUT2D eigenvalue weighted by molar-refractivity contribution is 5.75. The Bertz CT molecular complexity index is 335. The molecule has 1 N–H and O–H groups in total. The molecule has 0 aromatic heterocycles. The van der Waals surface area contributed by atoms with E-state index in [1.54, 1.807) is 0 Å². The maximum Gasteiger partial charge on any atom is 0.219 e. The molecule has 0 aromatic rings. The third-order valence-corrected chi connectivity index (χ3v) is 4.63. The number of rotatable bonds is 8. The second-order valence-electron chi connectivity index (χ2n) is 7.12. The van der Waals surface area contributed by atoms with Gasteiger partial charge in [0, 0.05) is 51.7 Å². The molecular weight excluding hydrogens is 278 g/mol. The molecular formula is C17H33N3O2. The van der Waals surface area contributed by atoms with Crippen LogP contribution in [0.1, 0.15) is 40.0 Å². The zero-order valence-electron chi connectivity index (χ0n) is 14.5. The van der Waals surface area contributed by atoms with Crippen LogP contribution < -0.4 is 5.32 Å². The SMILES string of the molecule is CCC(=O)NC1CC(OCCN2CCN(CC(C)C)CC2)C1. The van der Waals surface area contributed by atoms with E-state index in [4.69, 9.17) is 4.74 Å². The van der Waals surface area contributed by atoms with Crippen molar-refractivity contribution < 1.29 is 9.53 Å². The Kier molecular flexibility index (Phi) is 7.12. The lowest BCUT2D eigenvalue weighted by Crippen LogP contribution is -2.50. The molecule has 0 spiro atoms. The Hall–Kier alpha value is -0.650. The first kappa shape index (κ1) is 17.7. The summed E-state index contributed by atoms with van der Waals surface area (Å²) in [4.78, 5) is 16.3. The van der Waals surface area contributed by atoms with Gasteiger partial charge in [-0.25, -0.2) is 0 Å². The van der Waals surface area contributed by atoms with Crippen LogP contribution in [0.3, 0.4) is 0 Å². The van der Waals surface area contributed by atoms with Crippen molar-refractivity contribution >= 4 is 5.91 Å². The predicted octanol–water partition coefficient (Wildman–Crippen LogP) is 1.33. The van der Waals surface area contributed by atoms with Crippen molar-refractivity contribution in [1.29, 1.82) is 0 Å². The quantitative estimate of drug-likeness (QED) is 0.735. The smallest absolute Gasteiger partial charge is 0.219 e. The largest absolute Gasteiger partial charge is 0.377 e. The third-order valence-electron chi connectivity index (χ3n) is 4.63. The minimum atomic E-state index is 0.155. The molecule has 1 saturated heterocycles. The van der Waals surface area contributed by atoms with Crippen molar-refractivity contribution in [1.82, 2.24) is 15.1 Å². The molecule has 0 bridgehead atoms. The van der Waals surface area contributed by atoms with Crippen molar-refractivity contribution in [2.75, 3.05) is 45.9 Å². The molecule has 1 saturated carbocycles. The van der Waals surface area contributed by atoms with Gasteiger partial charge in [0.15, 0.2) is 0 Å². The molecule has 1 amide bonds. The van der Waals surface area contributed by atoms with Gasteiger partial charge in [0.05, 0.1) is 12.7 Å². The predicted molar refractivity (Wildman–Crippen MR) is 88.9 cm³/mol. The summed E-state index contributed by atoms with van der Waals surface area (Å²) in [6.45, 7) is 14.2. The van der Waals surface area contributed by atoms with E-state index >= 15 is 0 Å². The second kappa shape index (κ2) is 8.85. The van der Waals surface area contributed by atoms with E-state index in [2.05, 4.69) is 29.0 Å². The fraction of sp³-hybridized carbons (Fsp3) is 0.941. The lowest BCUT2D eigenvalue weighted by molar-refractivity contribution is -0.123. The first-order chi connectivity index (χ1) is 10.6. The van der Waals surface area contributed by atoms with E-state index in [1.165, 1.54) is 19.6 Å². The average Bonchev–Trinajstić information content (AvgIpc) is 2.45. The number of carbonyl (C=O) groups excluding carboxylic acids is 1. The normalized spacial score (nSPS) is 26.9. The highest BCUT2D eigenvalue weighted by Gasteiger charge is 2.30. The summed E-state index contributed by atoms with van der Waals surface area (Å²) in [5.74, 6) is 0.914. The minimum Gasteiger partial charge on any atom is -0.377 e. The first-order valence-electron chi connectivity index (χ1n) is 8.92. The van der Waals surface area contributed by atoms with Crippen LogP contribution in [0.2, 0.25) is 0 Å². The highest BCUT2D eigenvalue weighted by atomic mass is 16.5. The van der Waals surface area contributed by atoms with Gasteiger partial charge in [-0.3, -0.25) is 9.69 Å². The summed E-state index contributed by atoms with van der Waals surface area (Å²) in [5, 5.41) is 3.02. The summed E-state index contributed by atoms with van der Waals surface area (Å²) in [6.07, 6.45) is 2.89. The van der Waals surface area contributed by atoms with E-state index in [-0.39, 0.29) is 5.91 Å². The minimum absolute atomic E-state index is 0.155. The number of carbonyl (C=O) groups is 1. The molecule has 1 aliphatic heterocycles. The van der Waals surface area contributed by atoms with Gasteiger partial charge in [-0.2, -0.15) is 0 Å². The number of hydrogen-bond acceptors (Lipinski definition) is 4. The third kappa shape index (κ3) is 5.86. The number of hydrogen-bond donors (Lipinski definition) is 1. The van der Waals surface area contributed by atoms with E-state index in [0.717, 1.165) is 45.0 Å². The van der Waals surface area contributed by atoms with Crippen molar-refractivity contribution in [2.24, 2.45) is 5.92 Å². The molecule has 0 atom stereocenters. The van der Waals surface area contributed by atoms with Crippen LogP contribution >= 0.6 is 0 Å².